The number of benzene rings is 1. The van der Waals surface area contributed by atoms with Crippen LogP contribution in [-0.4, -0.2) is 17.4 Å². The summed E-state index contributed by atoms with van der Waals surface area (Å²) < 4.78 is 13.1. The van der Waals surface area contributed by atoms with E-state index in [4.69, 9.17) is 0 Å². The summed E-state index contributed by atoms with van der Waals surface area (Å²) in [5, 5.41) is 3.94. The summed E-state index contributed by atoms with van der Waals surface area (Å²) in [5.74, 6) is -0.241. The van der Waals surface area contributed by atoms with Gasteiger partial charge in [0.15, 0.2) is 0 Å². The predicted octanol–water partition coefficient (Wildman–Crippen LogP) is 2.47. The van der Waals surface area contributed by atoms with Gasteiger partial charge in [-0.05, 0) is 36.6 Å². The van der Waals surface area contributed by atoms with E-state index in [-0.39, 0.29) is 17.1 Å². The molecule has 94 valence electrons. The van der Waals surface area contributed by atoms with Crippen LogP contribution in [0.25, 0.3) is 10.9 Å². The number of hydrogen-bond donors (Lipinski definition) is 2. The maximum atomic E-state index is 13.1. The number of rotatable bonds is 3. The van der Waals surface area contributed by atoms with Gasteiger partial charge >= 0.3 is 0 Å². The molecule has 0 unspecified atom stereocenters. The number of halogens is 1. The van der Waals surface area contributed by atoms with Gasteiger partial charge in [0.25, 0.3) is 0 Å². The number of carbonyl (C=O) groups is 1. The summed E-state index contributed by atoms with van der Waals surface area (Å²) in [7, 11) is 0. The fourth-order valence-corrected chi connectivity index (χ4v) is 2.52. The summed E-state index contributed by atoms with van der Waals surface area (Å²) in [4.78, 5) is 14.1. The Bertz CT molecular complexity index is 613. The molecule has 1 aliphatic rings. The second-order valence-electron chi connectivity index (χ2n) is 5.08. The van der Waals surface area contributed by atoms with E-state index >= 15 is 0 Å². The molecule has 0 spiro atoms. The number of aromatic amines is 1. The Morgan fingerprint density at radius 2 is 2.28 bits per heavy atom. The van der Waals surface area contributed by atoms with Gasteiger partial charge in [-0.25, -0.2) is 4.39 Å². The zero-order chi connectivity index (χ0) is 12.8. The molecule has 1 amide bonds. The van der Waals surface area contributed by atoms with Crippen molar-refractivity contribution in [3.63, 3.8) is 0 Å². The van der Waals surface area contributed by atoms with Crippen LogP contribution >= 0.6 is 0 Å². The molecular weight excluding hydrogens is 231 g/mol. The molecular formula is C14H15FN2O. The van der Waals surface area contributed by atoms with Gasteiger partial charge in [-0.2, -0.15) is 0 Å². The van der Waals surface area contributed by atoms with Gasteiger partial charge in [-0.1, -0.05) is 0 Å². The number of hydrogen-bond acceptors (Lipinski definition) is 1. The quantitative estimate of drug-likeness (QED) is 0.858. The SMILES string of the molecule is CC(=O)NCC1(c2c[nH]c3cc(F)ccc23)CC1. The molecule has 4 heteroatoms. The Hall–Kier alpha value is -1.84. The standard InChI is InChI=1S/C14H15FN2O/c1-9(18)17-8-14(4-5-14)12-7-16-13-6-10(15)2-3-11(12)13/h2-3,6-7,16H,4-5,8H2,1H3,(H,17,18). The molecule has 1 aromatic heterocycles. The first-order valence-electron chi connectivity index (χ1n) is 6.12. The molecule has 0 saturated heterocycles. The van der Waals surface area contributed by atoms with E-state index in [2.05, 4.69) is 10.3 Å². The van der Waals surface area contributed by atoms with Crippen LogP contribution in [-0.2, 0) is 10.2 Å². The van der Waals surface area contributed by atoms with Crippen molar-refractivity contribution in [2.75, 3.05) is 6.54 Å². The molecule has 1 heterocycles. The van der Waals surface area contributed by atoms with E-state index in [1.165, 1.54) is 24.6 Å². The largest absolute Gasteiger partial charge is 0.361 e. The first-order chi connectivity index (χ1) is 8.61. The van der Waals surface area contributed by atoms with Crippen molar-refractivity contribution in [3.8, 4) is 0 Å². The fraction of sp³-hybridized carbons (Fsp3) is 0.357. The van der Waals surface area contributed by atoms with Crippen LogP contribution in [0, 0.1) is 5.82 Å². The Labute approximate surface area is 104 Å². The van der Waals surface area contributed by atoms with E-state index in [0.717, 1.165) is 23.7 Å². The monoisotopic (exact) mass is 246 g/mol. The van der Waals surface area contributed by atoms with E-state index < -0.39 is 0 Å². The van der Waals surface area contributed by atoms with Crippen molar-refractivity contribution in [2.24, 2.45) is 0 Å². The van der Waals surface area contributed by atoms with Crippen molar-refractivity contribution >= 4 is 16.8 Å². The van der Waals surface area contributed by atoms with Crippen LogP contribution in [0.1, 0.15) is 25.3 Å². The van der Waals surface area contributed by atoms with Gasteiger partial charge in [0.1, 0.15) is 5.82 Å². The van der Waals surface area contributed by atoms with Crippen molar-refractivity contribution < 1.29 is 9.18 Å². The average Bonchev–Trinajstić information content (AvgIpc) is 3.00. The van der Waals surface area contributed by atoms with Crippen molar-refractivity contribution in [2.45, 2.75) is 25.2 Å². The fourth-order valence-electron chi connectivity index (χ4n) is 2.52. The van der Waals surface area contributed by atoms with Gasteiger partial charge in [-0.3, -0.25) is 4.79 Å². The van der Waals surface area contributed by atoms with Crippen molar-refractivity contribution in [3.05, 3.63) is 35.8 Å². The van der Waals surface area contributed by atoms with E-state index in [0.29, 0.717) is 6.54 Å². The van der Waals surface area contributed by atoms with Gasteiger partial charge in [0.05, 0.1) is 0 Å². The highest BCUT2D eigenvalue weighted by atomic mass is 19.1. The second-order valence-corrected chi connectivity index (χ2v) is 5.08. The predicted molar refractivity (Wildman–Crippen MR) is 67.9 cm³/mol. The maximum Gasteiger partial charge on any atom is 0.216 e. The highest BCUT2D eigenvalue weighted by Gasteiger charge is 2.45. The summed E-state index contributed by atoms with van der Waals surface area (Å²) in [6, 6.07) is 4.80. The van der Waals surface area contributed by atoms with Crippen LogP contribution in [0.5, 0.6) is 0 Å². The number of aromatic nitrogens is 1. The highest BCUT2D eigenvalue weighted by Crippen LogP contribution is 2.49. The second kappa shape index (κ2) is 3.83. The molecule has 0 bridgehead atoms. The first-order valence-corrected chi connectivity index (χ1v) is 6.12. The number of H-pyrrole nitrogens is 1. The van der Waals surface area contributed by atoms with E-state index in [1.807, 2.05) is 12.3 Å². The van der Waals surface area contributed by atoms with Gasteiger partial charge in [-0.15, -0.1) is 0 Å². The summed E-state index contributed by atoms with van der Waals surface area (Å²) in [6.45, 7) is 2.19. The molecule has 3 nitrogen and oxygen atoms in total. The van der Waals surface area contributed by atoms with Crippen LogP contribution in [0.2, 0.25) is 0 Å². The Morgan fingerprint density at radius 3 is 2.94 bits per heavy atom. The summed E-state index contributed by atoms with van der Waals surface area (Å²) in [6.07, 6.45) is 4.08. The third-order valence-corrected chi connectivity index (χ3v) is 3.74. The molecule has 0 radical (unpaired) electrons. The third-order valence-electron chi connectivity index (χ3n) is 3.74. The maximum absolute atomic E-state index is 13.1. The zero-order valence-electron chi connectivity index (χ0n) is 10.2. The van der Waals surface area contributed by atoms with E-state index in [9.17, 15) is 9.18 Å². The Balaban J connectivity index is 1.97. The molecule has 2 aromatic rings. The molecule has 0 aliphatic heterocycles. The zero-order valence-corrected chi connectivity index (χ0v) is 10.2. The topological polar surface area (TPSA) is 44.9 Å². The number of amides is 1. The molecule has 1 saturated carbocycles. The van der Waals surface area contributed by atoms with Crippen LogP contribution in [0.3, 0.4) is 0 Å². The number of fused-ring (bicyclic) bond motifs is 1. The average molecular weight is 246 g/mol. The molecule has 18 heavy (non-hydrogen) atoms. The summed E-state index contributed by atoms with van der Waals surface area (Å²) >= 11 is 0. The highest BCUT2D eigenvalue weighted by molar-refractivity contribution is 5.85. The minimum Gasteiger partial charge on any atom is -0.361 e. The third kappa shape index (κ3) is 1.78. The van der Waals surface area contributed by atoms with Gasteiger partial charge in [0.2, 0.25) is 5.91 Å². The molecule has 0 atom stereocenters. The van der Waals surface area contributed by atoms with Crippen molar-refractivity contribution in [1.82, 2.24) is 10.3 Å². The van der Waals surface area contributed by atoms with Gasteiger partial charge < -0.3 is 10.3 Å². The smallest absolute Gasteiger partial charge is 0.216 e. The van der Waals surface area contributed by atoms with Crippen LogP contribution < -0.4 is 5.32 Å². The summed E-state index contributed by atoms with van der Waals surface area (Å²) in [5.41, 5.74) is 2.05. The lowest BCUT2D eigenvalue weighted by Crippen LogP contribution is -2.30. The minimum absolute atomic E-state index is 0.00726. The molecule has 2 N–H and O–H groups in total. The van der Waals surface area contributed by atoms with Gasteiger partial charge in [0, 0.05) is 36.0 Å². The van der Waals surface area contributed by atoms with Crippen LogP contribution in [0.4, 0.5) is 4.39 Å². The van der Waals surface area contributed by atoms with Crippen molar-refractivity contribution in [1.29, 1.82) is 0 Å². The Morgan fingerprint density at radius 1 is 1.50 bits per heavy atom. The lowest BCUT2D eigenvalue weighted by molar-refractivity contribution is -0.119. The Kier molecular flexibility index (Phi) is 2.40. The molecule has 1 fully saturated rings. The molecule has 1 aliphatic carbocycles. The number of nitrogens with one attached hydrogen (secondary N) is 2. The normalized spacial score (nSPS) is 16.8. The molecule has 1 aromatic carbocycles. The lowest BCUT2D eigenvalue weighted by atomic mass is 9.95. The molecule has 3 rings (SSSR count). The van der Waals surface area contributed by atoms with E-state index in [1.54, 1.807) is 0 Å². The lowest BCUT2D eigenvalue weighted by Gasteiger charge is -2.14. The van der Waals surface area contributed by atoms with Crippen LogP contribution in [0.15, 0.2) is 24.4 Å². The first kappa shape index (κ1) is 11.3. The number of carbonyl (C=O) groups excluding carboxylic acids is 1. The minimum atomic E-state index is -0.234.